The van der Waals surface area contributed by atoms with Gasteiger partial charge in [-0.1, -0.05) is 30.3 Å². The molecule has 0 amide bonds. The molecule has 1 N–H and O–H groups in total. The van der Waals surface area contributed by atoms with Crippen LogP contribution in [0.25, 0.3) is 0 Å². The lowest BCUT2D eigenvalue weighted by molar-refractivity contribution is 0.0989. The van der Waals surface area contributed by atoms with Gasteiger partial charge < -0.3 is 4.98 Å². The third-order valence-corrected chi connectivity index (χ3v) is 3.69. The monoisotopic (exact) mass is 279 g/mol. The van der Waals surface area contributed by atoms with Crippen LogP contribution in [0.2, 0.25) is 0 Å². The van der Waals surface area contributed by atoms with E-state index in [9.17, 15) is 14.4 Å². The van der Waals surface area contributed by atoms with E-state index >= 15 is 0 Å². The molecule has 0 fully saturated rings. The Morgan fingerprint density at radius 3 is 2.33 bits per heavy atom. The number of pyridine rings is 1. The fourth-order valence-corrected chi connectivity index (χ4v) is 2.58. The van der Waals surface area contributed by atoms with Crippen LogP contribution in [0.4, 0.5) is 0 Å². The van der Waals surface area contributed by atoms with E-state index in [1.165, 1.54) is 12.2 Å². The summed E-state index contributed by atoms with van der Waals surface area (Å²) < 4.78 is 0. The molecule has 3 rings (SSSR count). The molecule has 4 heteroatoms. The van der Waals surface area contributed by atoms with Crippen molar-refractivity contribution in [3.8, 4) is 0 Å². The zero-order valence-electron chi connectivity index (χ0n) is 11.5. The molecule has 0 atom stereocenters. The number of benzene rings is 1. The summed E-state index contributed by atoms with van der Waals surface area (Å²) in [5.41, 5.74) is 2.19. The normalized spacial score (nSPS) is 13.4. The van der Waals surface area contributed by atoms with Crippen LogP contribution in [0.3, 0.4) is 0 Å². The van der Waals surface area contributed by atoms with Crippen molar-refractivity contribution in [2.75, 3.05) is 0 Å². The number of nitrogens with one attached hydrogen (secondary N) is 1. The van der Waals surface area contributed by atoms with Gasteiger partial charge in [-0.3, -0.25) is 14.4 Å². The minimum Gasteiger partial charge on any atom is -0.318 e. The van der Waals surface area contributed by atoms with E-state index in [2.05, 4.69) is 4.98 Å². The molecule has 0 saturated carbocycles. The molecule has 1 aromatic heterocycles. The van der Waals surface area contributed by atoms with Gasteiger partial charge in [-0.05, 0) is 30.2 Å². The first kappa shape index (κ1) is 13.2. The van der Waals surface area contributed by atoms with Crippen LogP contribution in [0.1, 0.15) is 37.5 Å². The number of H-pyrrole nitrogens is 1. The molecule has 0 radical (unpaired) electrons. The zero-order chi connectivity index (χ0) is 15.0. The molecule has 4 nitrogen and oxygen atoms in total. The summed E-state index contributed by atoms with van der Waals surface area (Å²) in [5.74, 6) is -0.580. The molecule has 1 aromatic carbocycles. The van der Waals surface area contributed by atoms with Gasteiger partial charge in [0.25, 0.3) is 5.56 Å². The molecule has 1 aliphatic rings. The van der Waals surface area contributed by atoms with E-state index in [1.807, 2.05) is 30.3 Å². The summed E-state index contributed by atoms with van der Waals surface area (Å²) >= 11 is 0. The maximum Gasteiger partial charge on any atom is 0.252 e. The number of carbonyl (C=O) groups excluding carboxylic acids is 2. The summed E-state index contributed by atoms with van der Waals surface area (Å²) in [7, 11) is 0. The van der Waals surface area contributed by atoms with Crippen LogP contribution in [-0.4, -0.2) is 16.6 Å². The number of rotatable bonds is 2. The summed E-state index contributed by atoms with van der Waals surface area (Å²) in [6, 6.07) is 9.54. The summed E-state index contributed by atoms with van der Waals surface area (Å²) in [6.45, 7) is 1.72. The second-order valence-corrected chi connectivity index (χ2v) is 5.03. The lowest BCUT2D eigenvalue weighted by Gasteiger charge is -2.15. The highest BCUT2D eigenvalue weighted by molar-refractivity contribution is 6.21. The molecule has 21 heavy (non-hydrogen) atoms. The molecule has 1 heterocycles. The second kappa shape index (κ2) is 4.98. The average Bonchev–Trinajstić information content (AvgIpc) is 2.48. The lowest BCUT2D eigenvalue weighted by Crippen LogP contribution is -2.25. The third kappa shape index (κ3) is 2.25. The molecule has 104 valence electrons. The molecular formula is C17H13NO3. The van der Waals surface area contributed by atoms with Gasteiger partial charge in [0.05, 0.1) is 5.56 Å². The number of allylic oxidation sites excluding steroid dienone is 2. The summed E-state index contributed by atoms with van der Waals surface area (Å²) in [4.78, 5) is 38.6. The summed E-state index contributed by atoms with van der Waals surface area (Å²) in [5, 5.41) is 0. The number of aromatic nitrogens is 1. The molecule has 0 bridgehead atoms. The first-order valence-electron chi connectivity index (χ1n) is 6.64. The quantitative estimate of drug-likeness (QED) is 0.916. The molecule has 0 unspecified atom stereocenters. The Balaban J connectivity index is 2.16. The maximum atomic E-state index is 12.2. The highest BCUT2D eigenvalue weighted by Crippen LogP contribution is 2.21. The molecule has 1 aliphatic carbocycles. The summed E-state index contributed by atoms with van der Waals surface area (Å²) in [6.07, 6.45) is 2.87. The minimum atomic E-state index is -0.337. The molecule has 0 saturated heterocycles. The number of hydrogen-bond donors (Lipinski definition) is 1. The van der Waals surface area contributed by atoms with Crippen LogP contribution in [0.5, 0.6) is 0 Å². The predicted molar refractivity (Wildman–Crippen MR) is 78.8 cm³/mol. The van der Waals surface area contributed by atoms with Crippen molar-refractivity contribution >= 4 is 11.6 Å². The maximum absolute atomic E-state index is 12.2. The van der Waals surface area contributed by atoms with Crippen molar-refractivity contribution in [2.45, 2.75) is 13.3 Å². The Morgan fingerprint density at radius 2 is 1.62 bits per heavy atom. The van der Waals surface area contributed by atoms with Crippen LogP contribution in [-0.2, 0) is 6.42 Å². The smallest absolute Gasteiger partial charge is 0.252 e. The van der Waals surface area contributed by atoms with E-state index in [-0.39, 0.29) is 22.8 Å². The number of aromatic amines is 1. The molecular weight excluding hydrogens is 266 g/mol. The zero-order valence-corrected chi connectivity index (χ0v) is 11.5. The van der Waals surface area contributed by atoms with E-state index in [0.29, 0.717) is 23.1 Å². The van der Waals surface area contributed by atoms with Gasteiger partial charge in [-0.25, -0.2) is 0 Å². The number of carbonyl (C=O) groups is 2. The van der Waals surface area contributed by atoms with E-state index in [0.717, 1.165) is 5.56 Å². The van der Waals surface area contributed by atoms with Gasteiger partial charge in [0.15, 0.2) is 5.78 Å². The van der Waals surface area contributed by atoms with Crippen LogP contribution >= 0.6 is 0 Å². The Kier molecular flexibility index (Phi) is 3.14. The van der Waals surface area contributed by atoms with Crippen LogP contribution < -0.4 is 5.56 Å². The first-order valence-corrected chi connectivity index (χ1v) is 6.64. The number of hydrogen-bond acceptors (Lipinski definition) is 3. The Hall–Kier alpha value is -2.75. The second-order valence-electron chi connectivity index (χ2n) is 5.03. The van der Waals surface area contributed by atoms with Gasteiger partial charge in [-0.2, -0.15) is 0 Å². The van der Waals surface area contributed by atoms with Gasteiger partial charge in [0.2, 0.25) is 5.78 Å². The largest absolute Gasteiger partial charge is 0.318 e. The Morgan fingerprint density at radius 1 is 0.952 bits per heavy atom. The van der Waals surface area contributed by atoms with Crippen LogP contribution in [0.15, 0.2) is 47.3 Å². The van der Waals surface area contributed by atoms with Gasteiger partial charge in [0.1, 0.15) is 5.69 Å². The number of fused-ring (bicyclic) bond motifs is 1. The predicted octanol–water partition coefficient (Wildman–Crippen LogP) is 2.21. The Labute approximate surface area is 121 Å². The van der Waals surface area contributed by atoms with Gasteiger partial charge in [-0.15, -0.1) is 0 Å². The van der Waals surface area contributed by atoms with E-state index in [4.69, 9.17) is 0 Å². The number of ketones is 2. The molecule has 0 spiro atoms. The first-order chi connectivity index (χ1) is 10.1. The standard InChI is InChI=1S/C17H13NO3/c1-10-12(9-11-5-3-2-4-6-11)17(21)18-16-14(20)8-7-13(19)15(10)16/h2-8H,9H2,1H3,(H,18,21). The van der Waals surface area contributed by atoms with Crippen molar-refractivity contribution in [3.05, 3.63) is 80.8 Å². The van der Waals surface area contributed by atoms with Crippen molar-refractivity contribution < 1.29 is 9.59 Å². The fourth-order valence-electron chi connectivity index (χ4n) is 2.58. The van der Waals surface area contributed by atoms with Crippen molar-refractivity contribution in [3.63, 3.8) is 0 Å². The van der Waals surface area contributed by atoms with Gasteiger partial charge in [0, 0.05) is 12.0 Å². The van der Waals surface area contributed by atoms with Crippen LogP contribution in [0, 0.1) is 6.92 Å². The fraction of sp³-hybridized carbons (Fsp3) is 0.118. The third-order valence-electron chi connectivity index (χ3n) is 3.69. The molecule has 0 aliphatic heterocycles. The highest BCUT2D eigenvalue weighted by atomic mass is 16.1. The van der Waals surface area contributed by atoms with E-state index < -0.39 is 0 Å². The SMILES string of the molecule is Cc1c2c([nH]c(=O)c1Cc1ccccc1)C(=O)C=CC2=O. The Bertz CT molecular complexity index is 829. The average molecular weight is 279 g/mol. The highest BCUT2D eigenvalue weighted by Gasteiger charge is 2.25. The van der Waals surface area contributed by atoms with Crippen molar-refractivity contribution in [1.29, 1.82) is 0 Å². The molecule has 2 aromatic rings. The van der Waals surface area contributed by atoms with E-state index in [1.54, 1.807) is 6.92 Å². The van der Waals surface area contributed by atoms with Gasteiger partial charge >= 0.3 is 0 Å². The lowest BCUT2D eigenvalue weighted by atomic mass is 9.91. The van der Waals surface area contributed by atoms with Crippen molar-refractivity contribution in [1.82, 2.24) is 4.98 Å². The minimum absolute atomic E-state index is 0.0989. The topological polar surface area (TPSA) is 67.0 Å². The van der Waals surface area contributed by atoms with Crippen molar-refractivity contribution in [2.24, 2.45) is 0 Å².